The molecule has 8 heteroatoms. The SMILES string of the molecule is O=C(NCC(CCNC1CCCC1)c1ccc(Cl)c(Cl)c1)Nc1ccc(F)c(F)c1. The molecule has 1 aliphatic carbocycles. The van der Waals surface area contributed by atoms with Crippen LogP contribution in [0.2, 0.25) is 10.0 Å². The van der Waals surface area contributed by atoms with E-state index in [2.05, 4.69) is 16.0 Å². The zero-order chi connectivity index (χ0) is 21.5. The first-order valence-corrected chi connectivity index (χ1v) is 10.9. The quantitative estimate of drug-likeness (QED) is 0.450. The van der Waals surface area contributed by atoms with E-state index in [0.29, 0.717) is 22.6 Å². The zero-order valence-electron chi connectivity index (χ0n) is 16.5. The summed E-state index contributed by atoms with van der Waals surface area (Å²) in [4.78, 5) is 12.2. The van der Waals surface area contributed by atoms with Gasteiger partial charge < -0.3 is 16.0 Å². The van der Waals surface area contributed by atoms with Crippen molar-refractivity contribution in [3.05, 3.63) is 63.6 Å². The Kier molecular flexibility index (Phi) is 8.31. The minimum atomic E-state index is -1.01. The number of hydrogen-bond acceptors (Lipinski definition) is 2. The van der Waals surface area contributed by atoms with Crippen LogP contribution in [0.4, 0.5) is 19.3 Å². The molecule has 0 radical (unpaired) electrons. The lowest BCUT2D eigenvalue weighted by molar-refractivity contribution is 0.251. The van der Waals surface area contributed by atoms with Gasteiger partial charge in [0.05, 0.1) is 10.0 Å². The number of nitrogens with one attached hydrogen (secondary N) is 3. The third-order valence-electron chi connectivity index (χ3n) is 5.38. The summed E-state index contributed by atoms with van der Waals surface area (Å²) in [7, 11) is 0. The second-order valence-corrected chi connectivity index (χ2v) is 8.37. The predicted molar refractivity (Wildman–Crippen MR) is 117 cm³/mol. The molecule has 1 atom stereocenters. The Morgan fingerprint density at radius 3 is 2.50 bits per heavy atom. The number of rotatable bonds is 8. The number of carbonyl (C=O) groups excluding carboxylic acids is 1. The molecule has 0 bridgehead atoms. The van der Waals surface area contributed by atoms with Crippen LogP contribution in [0.25, 0.3) is 0 Å². The second-order valence-electron chi connectivity index (χ2n) is 7.56. The van der Waals surface area contributed by atoms with E-state index in [4.69, 9.17) is 23.2 Å². The van der Waals surface area contributed by atoms with E-state index < -0.39 is 17.7 Å². The van der Waals surface area contributed by atoms with Crippen LogP contribution in [0.5, 0.6) is 0 Å². The lowest BCUT2D eigenvalue weighted by atomic mass is 9.95. The summed E-state index contributed by atoms with van der Waals surface area (Å²) in [5.41, 5.74) is 1.16. The van der Waals surface area contributed by atoms with Crippen LogP contribution in [-0.4, -0.2) is 25.2 Å². The van der Waals surface area contributed by atoms with Crippen LogP contribution in [0.1, 0.15) is 43.6 Å². The molecule has 0 aromatic heterocycles. The van der Waals surface area contributed by atoms with E-state index in [1.54, 1.807) is 6.07 Å². The fourth-order valence-electron chi connectivity index (χ4n) is 3.71. The molecular weight excluding hydrogens is 431 g/mol. The number of amides is 2. The summed E-state index contributed by atoms with van der Waals surface area (Å²) >= 11 is 12.2. The van der Waals surface area contributed by atoms with Crippen LogP contribution >= 0.6 is 23.2 Å². The largest absolute Gasteiger partial charge is 0.337 e. The van der Waals surface area contributed by atoms with Gasteiger partial charge in [-0.15, -0.1) is 0 Å². The Morgan fingerprint density at radius 1 is 1.03 bits per heavy atom. The molecule has 0 spiro atoms. The molecule has 3 N–H and O–H groups in total. The maximum absolute atomic E-state index is 13.3. The Morgan fingerprint density at radius 2 is 1.80 bits per heavy atom. The van der Waals surface area contributed by atoms with Gasteiger partial charge in [-0.05, 0) is 55.6 Å². The normalized spacial score (nSPS) is 15.2. The highest BCUT2D eigenvalue weighted by molar-refractivity contribution is 6.42. The highest BCUT2D eigenvalue weighted by Crippen LogP contribution is 2.28. The molecule has 2 amide bonds. The molecule has 3 rings (SSSR count). The molecular formula is C22H25Cl2F2N3O. The van der Waals surface area contributed by atoms with E-state index in [-0.39, 0.29) is 11.6 Å². The summed E-state index contributed by atoms with van der Waals surface area (Å²) in [6.07, 6.45) is 5.73. The average Bonchev–Trinajstić information content (AvgIpc) is 3.23. The Hall–Kier alpha value is -1.89. The van der Waals surface area contributed by atoms with Crippen molar-refractivity contribution in [3.63, 3.8) is 0 Å². The van der Waals surface area contributed by atoms with E-state index >= 15 is 0 Å². The molecule has 30 heavy (non-hydrogen) atoms. The average molecular weight is 456 g/mol. The van der Waals surface area contributed by atoms with Crippen LogP contribution in [0.3, 0.4) is 0 Å². The Labute approximate surface area is 185 Å². The predicted octanol–water partition coefficient (Wildman–Crippen LogP) is 6.10. The van der Waals surface area contributed by atoms with Crippen LogP contribution < -0.4 is 16.0 Å². The van der Waals surface area contributed by atoms with Gasteiger partial charge in [-0.2, -0.15) is 0 Å². The molecule has 0 aliphatic heterocycles. The van der Waals surface area contributed by atoms with Crippen molar-refractivity contribution in [3.8, 4) is 0 Å². The van der Waals surface area contributed by atoms with Gasteiger partial charge in [0.15, 0.2) is 11.6 Å². The number of halogens is 4. The number of hydrogen-bond donors (Lipinski definition) is 3. The maximum Gasteiger partial charge on any atom is 0.319 e. The number of benzene rings is 2. The first-order chi connectivity index (χ1) is 14.4. The Bertz CT molecular complexity index is 875. The van der Waals surface area contributed by atoms with E-state index in [9.17, 15) is 13.6 Å². The maximum atomic E-state index is 13.3. The van der Waals surface area contributed by atoms with Crippen molar-refractivity contribution in [1.82, 2.24) is 10.6 Å². The monoisotopic (exact) mass is 455 g/mol. The van der Waals surface area contributed by atoms with Gasteiger partial charge in [0, 0.05) is 30.3 Å². The van der Waals surface area contributed by atoms with Crippen molar-refractivity contribution >= 4 is 34.9 Å². The van der Waals surface area contributed by atoms with Gasteiger partial charge in [0.25, 0.3) is 0 Å². The highest BCUT2D eigenvalue weighted by Gasteiger charge is 2.18. The first kappa shape index (κ1) is 22.8. The summed E-state index contributed by atoms with van der Waals surface area (Å²) in [6, 6.07) is 8.76. The second kappa shape index (κ2) is 10.9. The third kappa shape index (κ3) is 6.56. The fourth-order valence-corrected chi connectivity index (χ4v) is 4.02. The van der Waals surface area contributed by atoms with Crippen LogP contribution in [0, 0.1) is 11.6 Å². The summed E-state index contributed by atoms with van der Waals surface area (Å²) in [5.74, 6) is -1.96. The number of carbonyl (C=O) groups is 1. The molecule has 0 saturated heterocycles. The van der Waals surface area contributed by atoms with Crippen LogP contribution in [-0.2, 0) is 0 Å². The van der Waals surface area contributed by atoms with Crippen molar-refractivity contribution < 1.29 is 13.6 Å². The van der Waals surface area contributed by atoms with Gasteiger partial charge in [0.1, 0.15) is 0 Å². The smallest absolute Gasteiger partial charge is 0.319 e. The van der Waals surface area contributed by atoms with Gasteiger partial charge in [-0.3, -0.25) is 0 Å². The topological polar surface area (TPSA) is 53.2 Å². The summed E-state index contributed by atoms with van der Waals surface area (Å²) in [5, 5.41) is 9.85. The van der Waals surface area contributed by atoms with Gasteiger partial charge in [-0.1, -0.05) is 42.1 Å². The fraction of sp³-hybridized carbons (Fsp3) is 0.409. The van der Waals surface area contributed by atoms with Crippen molar-refractivity contribution in [2.75, 3.05) is 18.4 Å². The minimum Gasteiger partial charge on any atom is -0.337 e. The molecule has 0 heterocycles. The van der Waals surface area contributed by atoms with Crippen LogP contribution in [0.15, 0.2) is 36.4 Å². The van der Waals surface area contributed by atoms with Crippen molar-refractivity contribution in [2.45, 2.75) is 44.1 Å². The molecule has 2 aromatic carbocycles. The molecule has 1 fully saturated rings. The first-order valence-electron chi connectivity index (χ1n) is 10.1. The third-order valence-corrected chi connectivity index (χ3v) is 6.12. The van der Waals surface area contributed by atoms with Gasteiger partial charge >= 0.3 is 6.03 Å². The Balaban J connectivity index is 1.59. The standard InChI is InChI=1S/C22H25Cl2F2N3O/c23-18-7-5-14(11-19(18)24)15(9-10-27-16-3-1-2-4-16)13-28-22(30)29-17-6-8-20(25)21(26)12-17/h5-8,11-12,15-16,27H,1-4,9-10,13H2,(H2,28,29,30). The minimum absolute atomic E-state index is 0.0179. The summed E-state index contributed by atoms with van der Waals surface area (Å²) < 4.78 is 26.4. The lowest BCUT2D eigenvalue weighted by Gasteiger charge is -2.21. The molecule has 4 nitrogen and oxygen atoms in total. The zero-order valence-corrected chi connectivity index (χ0v) is 18.0. The number of anilines is 1. The highest BCUT2D eigenvalue weighted by atomic mass is 35.5. The molecule has 1 saturated carbocycles. The summed E-state index contributed by atoms with van der Waals surface area (Å²) in [6.45, 7) is 1.18. The van der Waals surface area contributed by atoms with E-state index in [1.165, 1.54) is 31.7 Å². The number of urea groups is 1. The molecule has 162 valence electrons. The van der Waals surface area contributed by atoms with Crippen molar-refractivity contribution in [2.24, 2.45) is 0 Å². The van der Waals surface area contributed by atoms with E-state index in [0.717, 1.165) is 30.7 Å². The molecule has 1 aliphatic rings. The lowest BCUT2D eigenvalue weighted by Crippen LogP contribution is -2.34. The van der Waals surface area contributed by atoms with E-state index in [1.807, 2.05) is 12.1 Å². The van der Waals surface area contributed by atoms with Gasteiger partial charge in [-0.25, -0.2) is 13.6 Å². The van der Waals surface area contributed by atoms with Gasteiger partial charge in [0.2, 0.25) is 0 Å². The molecule has 2 aromatic rings. The molecule has 1 unspecified atom stereocenters. The van der Waals surface area contributed by atoms with Crippen molar-refractivity contribution in [1.29, 1.82) is 0 Å².